The molecule has 0 radical (unpaired) electrons. The number of amides is 1. The van der Waals surface area contributed by atoms with E-state index in [0.29, 0.717) is 21.2 Å². The Morgan fingerprint density at radius 3 is 2.48 bits per heavy atom. The molecular weight excluding hydrogens is 332 g/mol. The fourth-order valence-electron chi connectivity index (χ4n) is 1.73. The lowest BCUT2D eigenvalue weighted by Gasteiger charge is -2.08. The van der Waals surface area contributed by atoms with Gasteiger partial charge in [-0.05, 0) is 43.2 Å². The van der Waals surface area contributed by atoms with Crippen molar-refractivity contribution in [2.24, 2.45) is 5.14 Å². The quantitative estimate of drug-likeness (QED) is 0.897. The van der Waals surface area contributed by atoms with Crippen LogP contribution in [0.25, 0.3) is 0 Å². The van der Waals surface area contributed by atoms with Gasteiger partial charge in [0, 0.05) is 10.7 Å². The smallest absolute Gasteiger partial charge is 0.266 e. The highest BCUT2D eigenvalue weighted by atomic mass is 35.5. The van der Waals surface area contributed by atoms with Crippen molar-refractivity contribution in [3.8, 4) is 0 Å². The maximum atomic E-state index is 12.3. The Kier molecular flexibility index (Phi) is 4.38. The van der Waals surface area contributed by atoms with Crippen molar-refractivity contribution in [2.45, 2.75) is 18.1 Å². The molecule has 0 spiro atoms. The van der Waals surface area contributed by atoms with E-state index < -0.39 is 15.9 Å². The summed E-state index contributed by atoms with van der Waals surface area (Å²) in [4.78, 5) is 12.6. The van der Waals surface area contributed by atoms with E-state index in [9.17, 15) is 13.2 Å². The van der Waals surface area contributed by atoms with Crippen LogP contribution in [0.3, 0.4) is 0 Å². The maximum Gasteiger partial charge on any atom is 0.266 e. The van der Waals surface area contributed by atoms with E-state index in [4.69, 9.17) is 16.7 Å². The summed E-state index contributed by atoms with van der Waals surface area (Å²) in [6.45, 7) is 3.49. The molecule has 5 nitrogen and oxygen atoms in total. The molecule has 1 aromatic heterocycles. The SMILES string of the molecule is Cc1ccc(Cl)cc1NC(=O)c1sc(S(N)(=O)=O)cc1C. The van der Waals surface area contributed by atoms with Crippen molar-refractivity contribution in [1.29, 1.82) is 0 Å². The summed E-state index contributed by atoms with van der Waals surface area (Å²) in [5, 5.41) is 8.30. The summed E-state index contributed by atoms with van der Waals surface area (Å²) in [7, 11) is -3.81. The van der Waals surface area contributed by atoms with Gasteiger partial charge in [0.25, 0.3) is 5.91 Å². The minimum absolute atomic E-state index is 0.0343. The van der Waals surface area contributed by atoms with Crippen molar-refractivity contribution < 1.29 is 13.2 Å². The van der Waals surface area contributed by atoms with Crippen LogP contribution in [0.1, 0.15) is 20.8 Å². The summed E-state index contributed by atoms with van der Waals surface area (Å²) in [5.41, 5.74) is 1.99. The first-order chi connectivity index (χ1) is 9.68. The largest absolute Gasteiger partial charge is 0.321 e. The van der Waals surface area contributed by atoms with Gasteiger partial charge in [-0.25, -0.2) is 13.6 Å². The molecule has 0 fully saturated rings. The standard InChI is InChI=1S/C13H13ClN2O3S2/c1-7-3-4-9(14)6-10(7)16-13(17)12-8(2)5-11(20-12)21(15,18)19/h3-6H,1-2H3,(H,16,17)(H2,15,18,19). The third-order valence-electron chi connectivity index (χ3n) is 2.83. The van der Waals surface area contributed by atoms with Crippen LogP contribution >= 0.6 is 22.9 Å². The van der Waals surface area contributed by atoms with Gasteiger partial charge in [0.1, 0.15) is 4.21 Å². The Balaban J connectivity index is 2.33. The number of hydrogen-bond acceptors (Lipinski definition) is 4. The Morgan fingerprint density at radius 1 is 1.24 bits per heavy atom. The van der Waals surface area contributed by atoms with Crippen LogP contribution in [0.2, 0.25) is 5.02 Å². The number of anilines is 1. The van der Waals surface area contributed by atoms with Gasteiger partial charge in [0.05, 0.1) is 4.88 Å². The van der Waals surface area contributed by atoms with Gasteiger partial charge in [-0.15, -0.1) is 11.3 Å². The first-order valence-corrected chi connectivity index (χ1v) is 8.63. The number of hydrogen-bond donors (Lipinski definition) is 2. The fourth-order valence-corrected chi connectivity index (χ4v) is 3.75. The molecule has 2 rings (SSSR count). The Labute approximate surface area is 131 Å². The highest BCUT2D eigenvalue weighted by Gasteiger charge is 2.19. The molecule has 0 saturated carbocycles. The van der Waals surface area contributed by atoms with E-state index in [0.717, 1.165) is 16.9 Å². The normalized spacial score (nSPS) is 11.4. The average molecular weight is 345 g/mol. The fraction of sp³-hybridized carbons (Fsp3) is 0.154. The van der Waals surface area contributed by atoms with Crippen molar-refractivity contribution in [3.63, 3.8) is 0 Å². The summed E-state index contributed by atoms with van der Waals surface area (Å²) >= 11 is 6.74. The van der Waals surface area contributed by atoms with Gasteiger partial charge < -0.3 is 5.32 Å². The third kappa shape index (κ3) is 3.62. The molecule has 3 N–H and O–H groups in total. The van der Waals surface area contributed by atoms with E-state index in [1.165, 1.54) is 6.07 Å². The van der Waals surface area contributed by atoms with Crippen LogP contribution in [-0.4, -0.2) is 14.3 Å². The van der Waals surface area contributed by atoms with Crippen LogP contribution in [0.15, 0.2) is 28.5 Å². The molecule has 1 heterocycles. The highest BCUT2D eigenvalue weighted by molar-refractivity contribution is 7.91. The zero-order chi connectivity index (χ0) is 15.8. The average Bonchev–Trinajstić information content (AvgIpc) is 2.76. The third-order valence-corrected chi connectivity index (χ3v) is 5.72. The van der Waals surface area contributed by atoms with Gasteiger partial charge in [0.2, 0.25) is 10.0 Å². The number of benzene rings is 1. The molecule has 0 aliphatic heterocycles. The van der Waals surface area contributed by atoms with E-state index in [1.54, 1.807) is 25.1 Å². The van der Waals surface area contributed by atoms with Crippen LogP contribution in [-0.2, 0) is 10.0 Å². The van der Waals surface area contributed by atoms with Crippen LogP contribution in [0.5, 0.6) is 0 Å². The molecule has 1 aromatic carbocycles. The molecular formula is C13H13ClN2O3S2. The molecule has 8 heteroatoms. The maximum absolute atomic E-state index is 12.3. The van der Waals surface area contributed by atoms with E-state index in [2.05, 4.69) is 5.32 Å². The number of halogens is 1. The molecule has 0 atom stereocenters. The van der Waals surface area contributed by atoms with Crippen molar-refractivity contribution in [3.05, 3.63) is 45.3 Å². The topological polar surface area (TPSA) is 89.3 Å². The predicted molar refractivity (Wildman–Crippen MR) is 84.6 cm³/mol. The molecule has 0 aliphatic carbocycles. The van der Waals surface area contributed by atoms with Gasteiger partial charge in [-0.2, -0.15) is 0 Å². The Hall–Kier alpha value is -1.41. The first kappa shape index (κ1) is 16.0. The lowest BCUT2D eigenvalue weighted by Crippen LogP contribution is -2.12. The van der Waals surface area contributed by atoms with Crippen LogP contribution in [0.4, 0.5) is 5.69 Å². The second-order valence-electron chi connectivity index (χ2n) is 4.54. The number of nitrogens with one attached hydrogen (secondary N) is 1. The van der Waals surface area contributed by atoms with E-state index in [1.807, 2.05) is 6.92 Å². The zero-order valence-electron chi connectivity index (χ0n) is 11.3. The summed E-state index contributed by atoms with van der Waals surface area (Å²) < 4.78 is 22.6. The number of primary sulfonamides is 1. The summed E-state index contributed by atoms with van der Waals surface area (Å²) in [5.74, 6) is -0.391. The number of carbonyl (C=O) groups excluding carboxylic acids is 1. The second-order valence-corrected chi connectivity index (χ2v) is 7.81. The van der Waals surface area contributed by atoms with Crippen LogP contribution in [0, 0.1) is 13.8 Å². The minimum atomic E-state index is -3.81. The number of rotatable bonds is 3. The number of thiophene rings is 1. The molecule has 21 heavy (non-hydrogen) atoms. The molecule has 0 aliphatic rings. The number of carbonyl (C=O) groups is 1. The lowest BCUT2D eigenvalue weighted by atomic mass is 10.2. The highest BCUT2D eigenvalue weighted by Crippen LogP contribution is 2.27. The monoisotopic (exact) mass is 344 g/mol. The first-order valence-electron chi connectivity index (χ1n) is 5.89. The molecule has 2 aromatic rings. The number of sulfonamides is 1. The number of aryl methyl sites for hydroxylation is 2. The van der Waals surface area contributed by atoms with Gasteiger partial charge in [0.15, 0.2) is 0 Å². The van der Waals surface area contributed by atoms with E-state index in [-0.39, 0.29) is 4.21 Å². The molecule has 0 unspecified atom stereocenters. The Bertz CT molecular complexity index is 813. The Morgan fingerprint density at radius 2 is 1.90 bits per heavy atom. The van der Waals surface area contributed by atoms with Gasteiger partial charge >= 0.3 is 0 Å². The number of nitrogens with two attached hydrogens (primary N) is 1. The van der Waals surface area contributed by atoms with Gasteiger partial charge in [-0.1, -0.05) is 17.7 Å². The van der Waals surface area contributed by atoms with Gasteiger partial charge in [-0.3, -0.25) is 4.79 Å². The second kappa shape index (κ2) is 5.76. The minimum Gasteiger partial charge on any atom is -0.321 e. The zero-order valence-corrected chi connectivity index (χ0v) is 13.7. The van der Waals surface area contributed by atoms with E-state index >= 15 is 0 Å². The predicted octanol–water partition coefficient (Wildman–Crippen LogP) is 2.92. The molecule has 1 amide bonds. The van der Waals surface area contributed by atoms with Crippen molar-refractivity contribution in [1.82, 2.24) is 0 Å². The molecule has 0 bridgehead atoms. The summed E-state index contributed by atoms with van der Waals surface area (Å²) in [6, 6.07) is 6.54. The summed E-state index contributed by atoms with van der Waals surface area (Å²) in [6.07, 6.45) is 0. The van der Waals surface area contributed by atoms with Crippen LogP contribution < -0.4 is 10.5 Å². The van der Waals surface area contributed by atoms with Crippen molar-refractivity contribution in [2.75, 3.05) is 5.32 Å². The molecule has 112 valence electrons. The lowest BCUT2D eigenvalue weighted by molar-refractivity contribution is 0.103. The van der Waals surface area contributed by atoms with Crippen molar-refractivity contribution >= 4 is 44.6 Å². The molecule has 0 saturated heterocycles.